The Balaban J connectivity index is 1.40. The second kappa shape index (κ2) is 5.28. The van der Waals surface area contributed by atoms with E-state index in [1.54, 1.807) is 6.21 Å². The molecule has 5 heteroatoms. The molecule has 1 saturated heterocycles. The van der Waals surface area contributed by atoms with Crippen molar-refractivity contribution in [1.82, 2.24) is 5.01 Å². The second-order valence-corrected chi connectivity index (χ2v) is 7.39. The minimum absolute atomic E-state index is 0.128. The van der Waals surface area contributed by atoms with Gasteiger partial charge in [-0.2, -0.15) is 10.1 Å². The number of hydrogen-bond acceptors (Lipinski definition) is 4. The van der Waals surface area contributed by atoms with Crippen LogP contribution in [-0.2, 0) is 9.59 Å². The summed E-state index contributed by atoms with van der Waals surface area (Å²) in [5.74, 6) is 1.79. The van der Waals surface area contributed by atoms with Crippen molar-refractivity contribution in [3.8, 4) is 5.75 Å². The first-order valence-corrected chi connectivity index (χ1v) is 9.02. The zero-order valence-corrected chi connectivity index (χ0v) is 14.0. The average Bonchev–Trinajstić information content (AvgIpc) is 3.40. The van der Waals surface area contributed by atoms with Gasteiger partial charge in [0.25, 0.3) is 11.8 Å². The smallest absolute Gasteiger partial charge is 0.254 e. The highest BCUT2D eigenvalue weighted by Gasteiger charge is 2.67. The van der Waals surface area contributed by atoms with Crippen molar-refractivity contribution < 1.29 is 14.3 Å². The lowest BCUT2D eigenvalue weighted by Crippen LogP contribution is -2.40. The summed E-state index contributed by atoms with van der Waals surface area (Å²) < 4.78 is 5.47. The van der Waals surface area contributed by atoms with Crippen LogP contribution in [0.4, 0.5) is 0 Å². The van der Waals surface area contributed by atoms with Crippen LogP contribution in [0.15, 0.2) is 41.5 Å². The van der Waals surface area contributed by atoms with Crippen LogP contribution in [0, 0.1) is 35.5 Å². The molecule has 0 radical (unpaired) electrons. The first-order chi connectivity index (χ1) is 12.2. The van der Waals surface area contributed by atoms with Gasteiger partial charge in [-0.25, -0.2) is 0 Å². The fourth-order valence-electron chi connectivity index (χ4n) is 5.03. The van der Waals surface area contributed by atoms with Crippen LogP contribution in [0.5, 0.6) is 5.75 Å². The summed E-state index contributed by atoms with van der Waals surface area (Å²) in [7, 11) is 0. The first kappa shape index (κ1) is 14.9. The number of hydrazone groups is 1. The number of carbonyl (C=O) groups excluding carboxylic acids is 2. The third-order valence-electron chi connectivity index (χ3n) is 6.13. The highest BCUT2D eigenvalue weighted by atomic mass is 16.5. The molecule has 128 valence electrons. The van der Waals surface area contributed by atoms with E-state index in [0.717, 1.165) is 16.3 Å². The van der Waals surface area contributed by atoms with E-state index >= 15 is 0 Å². The van der Waals surface area contributed by atoms with Gasteiger partial charge in [-0.05, 0) is 54.7 Å². The molecule has 2 bridgehead atoms. The van der Waals surface area contributed by atoms with Gasteiger partial charge in [-0.3, -0.25) is 9.59 Å². The molecular formula is C20H20N2O3. The maximum Gasteiger partial charge on any atom is 0.254 e. The molecule has 4 aliphatic carbocycles. The Hall–Kier alpha value is -2.43. The Morgan fingerprint density at radius 1 is 1.16 bits per heavy atom. The molecule has 2 amide bonds. The zero-order chi connectivity index (χ0) is 17.1. The van der Waals surface area contributed by atoms with Gasteiger partial charge in [0.1, 0.15) is 5.75 Å². The molecule has 6 atom stereocenters. The molecule has 3 fully saturated rings. The molecule has 6 rings (SSSR count). The fourth-order valence-corrected chi connectivity index (χ4v) is 5.03. The third kappa shape index (κ3) is 2.11. The normalized spacial score (nSPS) is 37.6. The van der Waals surface area contributed by atoms with Crippen molar-refractivity contribution in [2.45, 2.75) is 13.3 Å². The Labute approximate surface area is 146 Å². The Morgan fingerprint density at radius 3 is 2.48 bits per heavy atom. The molecule has 1 aromatic carbocycles. The molecule has 0 N–H and O–H groups in total. The minimum atomic E-state index is -0.196. The lowest BCUT2D eigenvalue weighted by Gasteiger charge is -2.37. The van der Waals surface area contributed by atoms with E-state index in [-0.39, 0.29) is 35.5 Å². The number of imide groups is 1. The fraction of sp³-hybridized carbons (Fsp3) is 0.450. The summed E-state index contributed by atoms with van der Waals surface area (Å²) in [4.78, 5) is 25.7. The molecule has 1 aromatic rings. The van der Waals surface area contributed by atoms with Gasteiger partial charge in [0.2, 0.25) is 0 Å². The van der Waals surface area contributed by atoms with Crippen molar-refractivity contribution >= 4 is 18.0 Å². The van der Waals surface area contributed by atoms with Gasteiger partial charge in [0, 0.05) is 0 Å². The van der Waals surface area contributed by atoms with Crippen LogP contribution in [0.2, 0.25) is 0 Å². The minimum Gasteiger partial charge on any atom is -0.494 e. The van der Waals surface area contributed by atoms with E-state index in [1.165, 1.54) is 6.42 Å². The van der Waals surface area contributed by atoms with E-state index < -0.39 is 0 Å². The summed E-state index contributed by atoms with van der Waals surface area (Å²) >= 11 is 0. The average molecular weight is 336 g/mol. The highest BCUT2D eigenvalue weighted by Crippen LogP contribution is 2.65. The topological polar surface area (TPSA) is 59.0 Å². The van der Waals surface area contributed by atoms with Gasteiger partial charge >= 0.3 is 0 Å². The Kier molecular flexibility index (Phi) is 3.14. The number of rotatable bonds is 4. The summed E-state index contributed by atoms with van der Waals surface area (Å²) in [6, 6.07) is 7.48. The third-order valence-corrected chi connectivity index (χ3v) is 6.13. The number of ether oxygens (including phenoxy) is 1. The summed E-state index contributed by atoms with van der Waals surface area (Å²) in [6.07, 6.45) is 7.09. The van der Waals surface area contributed by atoms with E-state index in [4.69, 9.17) is 4.74 Å². The van der Waals surface area contributed by atoms with Crippen molar-refractivity contribution in [3.63, 3.8) is 0 Å². The number of nitrogens with zero attached hydrogens (tertiary/aromatic N) is 2. The van der Waals surface area contributed by atoms with Crippen LogP contribution >= 0.6 is 0 Å². The van der Waals surface area contributed by atoms with E-state index in [1.807, 2.05) is 31.2 Å². The molecule has 0 unspecified atom stereocenters. The number of allylic oxidation sites excluding steroid dienone is 2. The van der Waals surface area contributed by atoms with Gasteiger partial charge < -0.3 is 4.74 Å². The van der Waals surface area contributed by atoms with Crippen LogP contribution in [0.25, 0.3) is 0 Å². The predicted molar refractivity (Wildman–Crippen MR) is 91.8 cm³/mol. The number of hydrogen-bond donors (Lipinski definition) is 0. The van der Waals surface area contributed by atoms with Crippen LogP contribution < -0.4 is 4.74 Å². The summed E-state index contributed by atoms with van der Waals surface area (Å²) in [5.41, 5.74) is 0.811. The standard InChI is InChI=1S/C20H20N2O3/c1-2-25-12-5-3-4-11(8-12)10-21-22-19(23)17-13-6-7-14(16-9-15(13)16)18(17)20(22)24/h3-8,10,13-18H,2,9H2,1H3/b21-10-/t13-,14-,15-,16+,17-,18+/m0/s1. The van der Waals surface area contributed by atoms with Gasteiger partial charge in [0.05, 0.1) is 24.7 Å². The predicted octanol–water partition coefficient (Wildman–Crippen LogP) is 2.47. The van der Waals surface area contributed by atoms with Crippen molar-refractivity contribution in [2.24, 2.45) is 40.6 Å². The van der Waals surface area contributed by atoms with Crippen molar-refractivity contribution in [3.05, 3.63) is 42.0 Å². The molecule has 1 heterocycles. The highest BCUT2D eigenvalue weighted by molar-refractivity contribution is 6.06. The van der Waals surface area contributed by atoms with Gasteiger partial charge in [0.15, 0.2) is 0 Å². The zero-order valence-electron chi connectivity index (χ0n) is 14.0. The van der Waals surface area contributed by atoms with Crippen LogP contribution in [0.1, 0.15) is 18.9 Å². The molecule has 25 heavy (non-hydrogen) atoms. The molecule has 0 aromatic heterocycles. The number of benzene rings is 1. The maximum atomic E-state index is 12.8. The second-order valence-electron chi connectivity index (χ2n) is 7.39. The van der Waals surface area contributed by atoms with E-state index in [2.05, 4.69) is 17.3 Å². The van der Waals surface area contributed by atoms with Crippen LogP contribution in [-0.4, -0.2) is 29.6 Å². The maximum absolute atomic E-state index is 12.8. The number of amides is 2. The van der Waals surface area contributed by atoms with E-state index in [0.29, 0.717) is 18.4 Å². The van der Waals surface area contributed by atoms with Crippen molar-refractivity contribution in [1.29, 1.82) is 0 Å². The van der Waals surface area contributed by atoms with Gasteiger partial charge in [-0.15, -0.1) is 0 Å². The largest absolute Gasteiger partial charge is 0.494 e. The Bertz CT molecular complexity index is 779. The number of carbonyl (C=O) groups is 2. The first-order valence-electron chi connectivity index (χ1n) is 9.02. The van der Waals surface area contributed by atoms with Crippen molar-refractivity contribution in [2.75, 3.05) is 6.61 Å². The molecule has 0 spiro atoms. The summed E-state index contributed by atoms with van der Waals surface area (Å²) in [6.45, 7) is 2.52. The molecular weight excluding hydrogens is 316 g/mol. The lowest BCUT2D eigenvalue weighted by molar-refractivity contribution is -0.140. The molecule has 1 aliphatic heterocycles. The molecule has 2 saturated carbocycles. The van der Waals surface area contributed by atoms with Crippen LogP contribution in [0.3, 0.4) is 0 Å². The lowest BCUT2D eigenvalue weighted by atomic mass is 9.63. The van der Waals surface area contributed by atoms with E-state index in [9.17, 15) is 9.59 Å². The van der Waals surface area contributed by atoms with Gasteiger partial charge in [-0.1, -0.05) is 24.3 Å². The monoisotopic (exact) mass is 336 g/mol. The molecule has 5 aliphatic rings. The Morgan fingerprint density at radius 2 is 1.84 bits per heavy atom. The SMILES string of the molecule is CCOc1cccc(/C=N\N2C(=O)[C@@H]3[C@H]4C=C[C@@H]([C@@H]5C[C@H]45)[C@@H]3C2=O)c1. The summed E-state index contributed by atoms with van der Waals surface area (Å²) in [5, 5.41) is 5.35. The quantitative estimate of drug-likeness (QED) is 0.482. The molecule has 5 nitrogen and oxygen atoms in total.